The number of carbonyl (C=O) groups excluding carboxylic acids is 2. The minimum atomic E-state index is -1.03. The van der Waals surface area contributed by atoms with E-state index in [4.69, 9.17) is 5.11 Å². The normalized spacial score (nSPS) is 10.2. The van der Waals surface area contributed by atoms with Gasteiger partial charge in [0.1, 0.15) is 0 Å². The maximum Gasteiger partial charge on any atom is 0.303 e. The van der Waals surface area contributed by atoms with Crippen molar-refractivity contribution in [1.29, 1.82) is 0 Å². The van der Waals surface area contributed by atoms with Gasteiger partial charge in [-0.25, -0.2) is 0 Å². The van der Waals surface area contributed by atoms with Crippen molar-refractivity contribution in [3.63, 3.8) is 0 Å². The SMILES string of the molecule is Cc1cccc(C)c1NC(=O)c1cccc(NC(=O)CCC(=O)O)c1. The van der Waals surface area contributed by atoms with Crippen LogP contribution >= 0.6 is 0 Å². The van der Waals surface area contributed by atoms with Crippen molar-refractivity contribution in [2.45, 2.75) is 26.7 Å². The Morgan fingerprint density at radius 3 is 2.20 bits per heavy atom. The highest BCUT2D eigenvalue weighted by atomic mass is 16.4. The van der Waals surface area contributed by atoms with Gasteiger partial charge < -0.3 is 15.7 Å². The lowest BCUT2D eigenvalue weighted by molar-refractivity contribution is -0.138. The molecule has 0 atom stereocenters. The van der Waals surface area contributed by atoms with Crippen LogP contribution < -0.4 is 10.6 Å². The fourth-order valence-corrected chi connectivity index (χ4v) is 2.38. The molecule has 0 aliphatic heterocycles. The number of nitrogens with one attached hydrogen (secondary N) is 2. The minimum Gasteiger partial charge on any atom is -0.481 e. The van der Waals surface area contributed by atoms with Crippen molar-refractivity contribution < 1.29 is 19.5 Å². The van der Waals surface area contributed by atoms with E-state index in [9.17, 15) is 14.4 Å². The van der Waals surface area contributed by atoms with Crippen LogP contribution in [0.5, 0.6) is 0 Å². The van der Waals surface area contributed by atoms with Gasteiger partial charge in [0.25, 0.3) is 5.91 Å². The fourth-order valence-electron chi connectivity index (χ4n) is 2.38. The highest BCUT2D eigenvalue weighted by Gasteiger charge is 2.11. The van der Waals surface area contributed by atoms with Crippen LogP contribution in [-0.4, -0.2) is 22.9 Å². The van der Waals surface area contributed by atoms with E-state index in [-0.39, 0.29) is 18.7 Å². The molecule has 0 heterocycles. The van der Waals surface area contributed by atoms with E-state index in [2.05, 4.69) is 10.6 Å². The highest BCUT2D eigenvalue weighted by Crippen LogP contribution is 2.21. The van der Waals surface area contributed by atoms with Gasteiger partial charge in [-0.2, -0.15) is 0 Å². The van der Waals surface area contributed by atoms with Crippen LogP contribution in [0.15, 0.2) is 42.5 Å². The zero-order valence-electron chi connectivity index (χ0n) is 14.1. The summed E-state index contributed by atoms with van der Waals surface area (Å²) in [6.45, 7) is 3.84. The average Bonchev–Trinajstić information content (AvgIpc) is 2.56. The molecule has 2 aromatic carbocycles. The van der Waals surface area contributed by atoms with Crippen LogP contribution in [0.3, 0.4) is 0 Å². The molecule has 2 rings (SSSR count). The Morgan fingerprint density at radius 1 is 0.920 bits per heavy atom. The molecule has 0 fully saturated rings. The van der Waals surface area contributed by atoms with Crippen molar-refractivity contribution in [2.75, 3.05) is 10.6 Å². The van der Waals surface area contributed by atoms with Crippen LogP contribution in [0.2, 0.25) is 0 Å². The molecular weight excluding hydrogens is 320 g/mol. The van der Waals surface area contributed by atoms with E-state index in [0.29, 0.717) is 11.3 Å². The zero-order valence-corrected chi connectivity index (χ0v) is 14.1. The molecule has 6 heteroatoms. The summed E-state index contributed by atoms with van der Waals surface area (Å²) >= 11 is 0. The number of aliphatic carboxylic acids is 1. The molecule has 6 nitrogen and oxygen atoms in total. The quantitative estimate of drug-likeness (QED) is 0.751. The molecule has 130 valence electrons. The van der Waals surface area contributed by atoms with Crippen molar-refractivity contribution in [1.82, 2.24) is 0 Å². The van der Waals surface area contributed by atoms with E-state index < -0.39 is 11.9 Å². The van der Waals surface area contributed by atoms with Gasteiger partial charge in [-0.05, 0) is 43.2 Å². The van der Waals surface area contributed by atoms with Gasteiger partial charge in [-0.15, -0.1) is 0 Å². The fraction of sp³-hybridized carbons (Fsp3) is 0.211. The van der Waals surface area contributed by atoms with Gasteiger partial charge in [0.2, 0.25) is 5.91 Å². The number of anilines is 2. The smallest absolute Gasteiger partial charge is 0.303 e. The number of carboxylic acid groups (broad SMARTS) is 1. The number of benzene rings is 2. The third-order valence-corrected chi connectivity index (χ3v) is 3.69. The summed E-state index contributed by atoms with van der Waals surface area (Å²) in [5.74, 6) is -1.72. The number of para-hydroxylation sites is 1. The van der Waals surface area contributed by atoms with E-state index in [1.54, 1.807) is 24.3 Å². The Kier molecular flexibility index (Phi) is 5.89. The molecule has 2 aromatic rings. The lowest BCUT2D eigenvalue weighted by atomic mass is 10.1. The number of hydrogen-bond donors (Lipinski definition) is 3. The van der Waals surface area contributed by atoms with E-state index >= 15 is 0 Å². The first-order chi connectivity index (χ1) is 11.9. The summed E-state index contributed by atoms with van der Waals surface area (Å²) in [5.41, 5.74) is 3.55. The third kappa shape index (κ3) is 5.17. The second-order valence-corrected chi connectivity index (χ2v) is 5.74. The van der Waals surface area contributed by atoms with Crippen LogP contribution in [-0.2, 0) is 9.59 Å². The molecule has 0 aliphatic carbocycles. The first-order valence-corrected chi connectivity index (χ1v) is 7.86. The van der Waals surface area contributed by atoms with Gasteiger partial charge in [-0.3, -0.25) is 14.4 Å². The first-order valence-electron chi connectivity index (χ1n) is 7.86. The molecule has 0 spiro atoms. The maximum atomic E-state index is 12.5. The second-order valence-electron chi connectivity index (χ2n) is 5.74. The minimum absolute atomic E-state index is 0.117. The number of rotatable bonds is 6. The molecule has 0 unspecified atom stereocenters. The number of amides is 2. The van der Waals surface area contributed by atoms with Gasteiger partial charge >= 0.3 is 5.97 Å². The Labute approximate surface area is 145 Å². The number of aryl methyl sites for hydroxylation is 2. The zero-order chi connectivity index (χ0) is 18.4. The van der Waals surface area contributed by atoms with Crippen LogP contribution in [0.1, 0.15) is 34.3 Å². The van der Waals surface area contributed by atoms with E-state index in [1.807, 2.05) is 32.0 Å². The second kappa shape index (κ2) is 8.10. The van der Waals surface area contributed by atoms with Gasteiger partial charge in [0, 0.05) is 23.4 Å². The Morgan fingerprint density at radius 2 is 1.56 bits per heavy atom. The van der Waals surface area contributed by atoms with E-state index in [0.717, 1.165) is 16.8 Å². The summed E-state index contributed by atoms with van der Waals surface area (Å²) in [6, 6.07) is 12.3. The largest absolute Gasteiger partial charge is 0.481 e. The summed E-state index contributed by atoms with van der Waals surface area (Å²) < 4.78 is 0. The molecule has 2 amide bonds. The van der Waals surface area contributed by atoms with Crippen molar-refractivity contribution >= 4 is 29.2 Å². The standard InChI is InChI=1S/C19H20N2O4/c1-12-5-3-6-13(2)18(12)21-19(25)14-7-4-8-15(11-14)20-16(22)9-10-17(23)24/h3-8,11H,9-10H2,1-2H3,(H,20,22)(H,21,25)(H,23,24). The van der Waals surface area contributed by atoms with Crippen LogP contribution in [0.4, 0.5) is 11.4 Å². The first kappa shape index (κ1) is 18.2. The summed E-state index contributed by atoms with van der Waals surface area (Å²) in [7, 11) is 0. The Hall–Kier alpha value is -3.15. The summed E-state index contributed by atoms with van der Waals surface area (Å²) in [4.78, 5) is 34.7. The van der Waals surface area contributed by atoms with Gasteiger partial charge in [0.05, 0.1) is 6.42 Å². The lowest BCUT2D eigenvalue weighted by Crippen LogP contribution is -2.16. The van der Waals surface area contributed by atoms with Crippen molar-refractivity contribution in [3.8, 4) is 0 Å². The van der Waals surface area contributed by atoms with Gasteiger partial charge in [-0.1, -0.05) is 24.3 Å². The molecule has 0 aliphatic rings. The summed E-state index contributed by atoms with van der Waals surface area (Å²) in [6.07, 6.45) is -0.354. The number of hydrogen-bond acceptors (Lipinski definition) is 3. The summed E-state index contributed by atoms with van der Waals surface area (Å²) in [5, 5.41) is 14.1. The van der Waals surface area contributed by atoms with Crippen molar-refractivity contribution in [2.24, 2.45) is 0 Å². The number of carboxylic acids is 1. The average molecular weight is 340 g/mol. The third-order valence-electron chi connectivity index (χ3n) is 3.69. The van der Waals surface area contributed by atoms with Gasteiger partial charge in [0.15, 0.2) is 0 Å². The molecule has 0 saturated carbocycles. The highest BCUT2D eigenvalue weighted by molar-refractivity contribution is 6.06. The molecule has 0 radical (unpaired) electrons. The molecule has 0 bridgehead atoms. The predicted octanol–water partition coefficient (Wildman–Crippen LogP) is 3.36. The topological polar surface area (TPSA) is 95.5 Å². The lowest BCUT2D eigenvalue weighted by Gasteiger charge is -2.12. The van der Waals surface area contributed by atoms with E-state index in [1.165, 1.54) is 0 Å². The Balaban J connectivity index is 2.08. The van der Waals surface area contributed by atoms with Crippen LogP contribution in [0.25, 0.3) is 0 Å². The van der Waals surface area contributed by atoms with Crippen molar-refractivity contribution in [3.05, 3.63) is 59.2 Å². The molecular formula is C19H20N2O4. The number of carbonyl (C=O) groups is 3. The molecule has 0 saturated heterocycles. The van der Waals surface area contributed by atoms with Crippen LogP contribution in [0, 0.1) is 13.8 Å². The molecule has 0 aromatic heterocycles. The molecule has 25 heavy (non-hydrogen) atoms. The monoisotopic (exact) mass is 340 g/mol. The Bertz CT molecular complexity index is 795. The molecule has 3 N–H and O–H groups in total. The maximum absolute atomic E-state index is 12.5. The predicted molar refractivity (Wildman–Crippen MR) is 95.8 cm³/mol.